The molecule has 0 heterocycles. The molecule has 3 atom stereocenters. The van der Waals surface area contributed by atoms with Gasteiger partial charge in [0.1, 0.15) is 19.8 Å². The lowest BCUT2D eigenvalue weighted by Crippen LogP contribution is -2.37. The van der Waals surface area contributed by atoms with E-state index in [9.17, 15) is 24.2 Å². The highest BCUT2D eigenvalue weighted by molar-refractivity contribution is 7.45. The molecule has 0 aromatic rings. The van der Waals surface area contributed by atoms with Crippen molar-refractivity contribution in [1.29, 1.82) is 0 Å². The molecule has 316 valence electrons. The van der Waals surface area contributed by atoms with Gasteiger partial charge >= 0.3 is 11.9 Å². The second kappa shape index (κ2) is 35.8. The van der Waals surface area contributed by atoms with Gasteiger partial charge in [-0.2, -0.15) is 0 Å². The van der Waals surface area contributed by atoms with Gasteiger partial charge in [0.2, 0.25) is 0 Å². The number of carbonyl (C=O) groups is 2. The SMILES string of the molecule is CCCCCC/C=C\CCCCCCCC(=O)OC[C@H](COP(=O)([O-])OCC[N+](C)(C)C)OC(=O)CCC/C=C\C/C=C\C/C=C\C/C=C\C=C\[C@H](O)CC. The van der Waals surface area contributed by atoms with Crippen LogP contribution in [0.5, 0.6) is 0 Å². The number of hydrogen-bond acceptors (Lipinski definition) is 9. The highest BCUT2D eigenvalue weighted by atomic mass is 31.2. The summed E-state index contributed by atoms with van der Waals surface area (Å²) in [6.07, 6.45) is 40.3. The molecule has 0 fully saturated rings. The minimum Gasteiger partial charge on any atom is -0.756 e. The number of ether oxygens (including phenoxy) is 2. The van der Waals surface area contributed by atoms with Crippen LogP contribution in [0.2, 0.25) is 0 Å². The van der Waals surface area contributed by atoms with Crippen LogP contribution in [0.1, 0.15) is 136 Å². The molecule has 0 aliphatic heterocycles. The van der Waals surface area contributed by atoms with E-state index in [1.807, 2.05) is 58.4 Å². The molecule has 10 nitrogen and oxygen atoms in total. The Morgan fingerprint density at radius 3 is 1.85 bits per heavy atom. The molecular formula is C44H76NO9P. The zero-order valence-corrected chi connectivity index (χ0v) is 35.8. The monoisotopic (exact) mass is 794 g/mol. The molecule has 0 amide bonds. The Labute approximate surface area is 334 Å². The summed E-state index contributed by atoms with van der Waals surface area (Å²) in [5.41, 5.74) is 0. The molecule has 11 heteroatoms. The van der Waals surface area contributed by atoms with Crippen molar-refractivity contribution in [2.45, 2.75) is 148 Å². The molecule has 0 aromatic heterocycles. The zero-order valence-electron chi connectivity index (χ0n) is 35.0. The van der Waals surface area contributed by atoms with Gasteiger partial charge in [0.05, 0.1) is 33.9 Å². The Hall–Kier alpha value is -2.59. The highest BCUT2D eigenvalue weighted by Crippen LogP contribution is 2.38. The Kier molecular flexibility index (Phi) is 34.1. The Morgan fingerprint density at radius 2 is 1.22 bits per heavy atom. The number of carbonyl (C=O) groups excluding carboxylic acids is 2. The standard InChI is InChI=1S/C44H76NO9P/c1-6-8-9-10-11-12-13-16-20-23-26-29-32-35-43(47)51-39-42(40-53-55(49,50)52-38-37-45(3,4)5)54-44(48)36-33-30-27-24-21-18-15-14-17-19-22-25-28-31-34-41(46)7-2/h12-13,15,17-19,24-25,27-28,31,34,41-42,46H,6-11,14,16,20-23,26,29-30,32-33,35-40H2,1-5H3/b13-12-,18-15-,19-17-,27-24-,28-25-,34-31+/t41-,42-/m1/s1. The molecule has 0 aromatic carbocycles. The third kappa shape index (κ3) is 39.4. The molecule has 55 heavy (non-hydrogen) atoms. The van der Waals surface area contributed by atoms with E-state index in [0.717, 1.165) is 57.8 Å². The molecule has 0 rings (SSSR count). The predicted molar refractivity (Wildman–Crippen MR) is 223 cm³/mol. The maximum absolute atomic E-state index is 12.6. The lowest BCUT2D eigenvalue weighted by atomic mass is 10.1. The summed E-state index contributed by atoms with van der Waals surface area (Å²) in [5.74, 6) is -0.941. The second-order valence-electron chi connectivity index (χ2n) is 14.8. The Morgan fingerprint density at radius 1 is 0.673 bits per heavy atom. The Balaban J connectivity index is 4.55. The van der Waals surface area contributed by atoms with Gasteiger partial charge in [0, 0.05) is 12.8 Å². The third-order valence-electron chi connectivity index (χ3n) is 8.37. The first-order valence-corrected chi connectivity index (χ1v) is 22.2. The zero-order chi connectivity index (χ0) is 40.9. The average molecular weight is 794 g/mol. The normalized spacial score (nSPS) is 15.0. The van der Waals surface area contributed by atoms with Gasteiger partial charge in [-0.1, -0.05) is 125 Å². The first-order valence-electron chi connectivity index (χ1n) is 20.8. The molecular weight excluding hydrogens is 717 g/mol. The van der Waals surface area contributed by atoms with Gasteiger partial charge in [0.25, 0.3) is 7.82 Å². The molecule has 0 aliphatic rings. The largest absolute Gasteiger partial charge is 0.756 e. The maximum Gasteiger partial charge on any atom is 0.306 e. The van der Waals surface area contributed by atoms with Crippen molar-refractivity contribution in [3.63, 3.8) is 0 Å². The van der Waals surface area contributed by atoms with Crippen LogP contribution in [0, 0.1) is 0 Å². The summed E-state index contributed by atoms with van der Waals surface area (Å²) in [6, 6.07) is 0. The van der Waals surface area contributed by atoms with Crippen molar-refractivity contribution in [2.75, 3.05) is 47.5 Å². The number of nitrogens with zero attached hydrogens (tertiary/aromatic N) is 1. The van der Waals surface area contributed by atoms with Gasteiger partial charge in [-0.3, -0.25) is 14.2 Å². The number of likely N-dealkylation sites (N-methyl/N-ethyl adjacent to an activating group) is 1. The number of esters is 2. The number of unbranched alkanes of at least 4 members (excludes halogenated alkanes) is 10. The van der Waals surface area contributed by atoms with Crippen molar-refractivity contribution in [1.82, 2.24) is 0 Å². The molecule has 0 bridgehead atoms. The van der Waals surface area contributed by atoms with E-state index in [1.54, 1.807) is 6.08 Å². The number of allylic oxidation sites excluding steroid dienone is 11. The smallest absolute Gasteiger partial charge is 0.306 e. The van der Waals surface area contributed by atoms with Crippen molar-refractivity contribution < 1.29 is 47.2 Å². The summed E-state index contributed by atoms with van der Waals surface area (Å²) < 4.78 is 33.7. The Bertz CT molecular complexity index is 1190. The molecule has 1 unspecified atom stereocenters. The van der Waals surface area contributed by atoms with E-state index < -0.39 is 32.5 Å². The fourth-order valence-corrected chi connectivity index (χ4v) is 5.66. The lowest BCUT2D eigenvalue weighted by molar-refractivity contribution is -0.870. The molecule has 0 aliphatic carbocycles. The number of phosphoric acid groups is 1. The van der Waals surface area contributed by atoms with Crippen molar-refractivity contribution in [3.05, 3.63) is 72.9 Å². The van der Waals surface area contributed by atoms with Crippen molar-refractivity contribution in [2.24, 2.45) is 0 Å². The van der Waals surface area contributed by atoms with E-state index in [4.69, 9.17) is 18.5 Å². The summed E-state index contributed by atoms with van der Waals surface area (Å²) in [6.45, 7) is 3.76. The first kappa shape index (κ1) is 52.4. The minimum absolute atomic E-state index is 0.0528. The van der Waals surface area contributed by atoms with Gasteiger partial charge in [-0.15, -0.1) is 0 Å². The topological polar surface area (TPSA) is 131 Å². The van der Waals surface area contributed by atoms with E-state index >= 15 is 0 Å². The van der Waals surface area contributed by atoms with E-state index in [0.29, 0.717) is 36.7 Å². The third-order valence-corrected chi connectivity index (χ3v) is 9.33. The van der Waals surface area contributed by atoms with Crippen LogP contribution >= 0.6 is 7.82 Å². The van der Waals surface area contributed by atoms with Crippen LogP contribution in [0.3, 0.4) is 0 Å². The van der Waals surface area contributed by atoms with Gasteiger partial charge in [-0.25, -0.2) is 0 Å². The highest BCUT2D eigenvalue weighted by Gasteiger charge is 2.21. The molecule has 0 saturated heterocycles. The van der Waals surface area contributed by atoms with Crippen LogP contribution in [-0.2, 0) is 32.7 Å². The van der Waals surface area contributed by atoms with Gasteiger partial charge < -0.3 is 33.0 Å². The first-order chi connectivity index (χ1) is 26.4. The predicted octanol–water partition coefficient (Wildman–Crippen LogP) is 9.80. The minimum atomic E-state index is -4.65. The number of hydrogen-bond donors (Lipinski definition) is 1. The van der Waals surface area contributed by atoms with Crippen LogP contribution in [0.25, 0.3) is 0 Å². The fraction of sp³-hybridized carbons (Fsp3) is 0.682. The number of quaternary nitrogens is 1. The van der Waals surface area contributed by atoms with Crippen LogP contribution < -0.4 is 4.89 Å². The van der Waals surface area contributed by atoms with Crippen LogP contribution in [0.15, 0.2) is 72.9 Å². The van der Waals surface area contributed by atoms with Gasteiger partial charge in [-0.05, 0) is 70.6 Å². The quantitative estimate of drug-likeness (QED) is 0.0165. The number of aliphatic hydroxyl groups excluding tert-OH is 1. The van der Waals surface area contributed by atoms with Crippen molar-refractivity contribution in [3.8, 4) is 0 Å². The number of rotatable bonds is 36. The van der Waals surface area contributed by atoms with Crippen LogP contribution in [0.4, 0.5) is 0 Å². The lowest BCUT2D eigenvalue weighted by Gasteiger charge is -2.28. The number of aliphatic hydroxyl groups is 1. The molecule has 0 spiro atoms. The summed E-state index contributed by atoms with van der Waals surface area (Å²) in [7, 11) is 1.09. The summed E-state index contributed by atoms with van der Waals surface area (Å²) in [5, 5.41) is 9.48. The summed E-state index contributed by atoms with van der Waals surface area (Å²) >= 11 is 0. The average Bonchev–Trinajstić information content (AvgIpc) is 3.13. The van der Waals surface area contributed by atoms with E-state index in [2.05, 4.69) is 43.4 Å². The second-order valence-corrected chi connectivity index (χ2v) is 16.2. The molecule has 1 N–H and O–H groups in total. The van der Waals surface area contributed by atoms with E-state index in [1.165, 1.54) is 25.7 Å². The summed E-state index contributed by atoms with van der Waals surface area (Å²) in [4.78, 5) is 37.4. The fourth-order valence-electron chi connectivity index (χ4n) is 4.93. The molecule has 0 radical (unpaired) electrons. The number of phosphoric ester groups is 1. The van der Waals surface area contributed by atoms with Crippen LogP contribution in [-0.4, -0.2) is 81.2 Å². The maximum atomic E-state index is 12.6. The molecule has 0 saturated carbocycles. The van der Waals surface area contributed by atoms with Gasteiger partial charge in [0.15, 0.2) is 6.10 Å². The van der Waals surface area contributed by atoms with Crippen molar-refractivity contribution >= 4 is 19.8 Å². The van der Waals surface area contributed by atoms with E-state index in [-0.39, 0.29) is 32.2 Å².